The molecule has 3 aromatic rings. The number of hydrogen-bond acceptors (Lipinski definition) is 8. The van der Waals surface area contributed by atoms with E-state index in [-0.39, 0.29) is 34.3 Å². The fourth-order valence-corrected chi connectivity index (χ4v) is 7.19. The maximum Gasteiger partial charge on any atom is 0.409 e. The van der Waals surface area contributed by atoms with Crippen LogP contribution in [0.15, 0.2) is 45.7 Å². The number of nitrogens with zero attached hydrogens (tertiary/aromatic N) is 4. The Kier molecular flexibility index (Phi) is 6.43. The van der Waals surface area contributed by atoms with Crippen molar-refractivity contribution in [3.63, 3.8) is 0 Å². The molecule has 2 amide bonds. The van der Waals surface area contributed by atoms with E-state index < -0.39 is 40.1 Å². The van der Waals surface area contributed by atoms with Crippen LogP contribution in [0.1, 0.15) is 24.3 Å². The van der Waals surface area contributed by atoms with Crippen LogP contribution in [0.2, 0.25) is 5.02 Å². The van der Waals surface area contributed by atoms with Gasteiger partial charge in [-0.3, -0.25) is 9.00 Å². The quantitative estimate of drug-likeness (QED) is 0.503. The number of methoxy groups -OCH3 is 1. The normalized spacial score (nSPS) is 26.1. The topological polar surface area (TPSA) is 132 Å². The Morgan fingerprint density at radius 2 is 2.03 bits per heavy atom. The molecule has 1 saturated carbocycles. The Hall–Kier alpha value is -3.35. The molecule has 4 aliphatic rings. The molecule has 3 aliphatic heterocycles. The van der Waals surface area contributed by atoms with E-state index in [1.165, 1.54) is 18.1 Å². The molecule has 0 spiro atoms. The highest BCUT2D eigenvalue weighted by molar-refractivity contribution is 7.85. The molecule has 1 aliphatic carbocycles. The molecule has 2 N–H and O–H groups in total. The van der Waals surface area contributed by atoms with E-state index in [9.17, 15) is 13.8 Å². The first-order chi connectivity index (χ1) is 18.7. The second kappa shape index (κ2) is 9.68. The number of halogens is 2. The van der Waals surface area contributed by atoms with Crippen LogP contribution in [0, 0.1) is 11.7 Å². The minimum Gasteiger partial charge on any atom is -0.453 e. The first-order valence-electron chi connectivity index (χ1n) is 12.4. The van der Waals surface area contributed by atoms with E-state index in [0.29, 0.717) is 29.9 Å². The lowest BCUT2D eigenvalue weighted by Gasteiger charge is -2.53. The number of aromatic nitrogens is 2. The van der Waals surface area contributed by atoms with Gasteiger partial charge in [0.25, 0.3) is 5.89 Å². The number of piperidine rings is 2. The highest BCUT2D eigenvalue weighted by Gasteiger charge is 2.55. The van der Waals surface area contributed by atoms with Crippen molar-refractivity contribution in [1.29, 1.82) is 0 Å². The summed E-state index contributed by atoms with van der Waals surface area (Å²) in [7, 11) is -0.378. The number of ether oxygens (including phenoxy) is 1. The summed E-state index contributed by atoms with van der Waals surface area (Å²) in [5, 5.41) is 8.88. The van der Waals surface area contributed by atoms with Crippen LogP contribution in [0.25, 0.3) is 11.5 Å². The molecule has 2 atom stereocenters. The van der Waals surface area contributed by atoms with Crippen LogP contribution in [0.5, 0.6) is 0 Å². The van der Waals surface area contributed by atoms with Crippen molar-refractivity contribution in [2.24, 2.45) is 11.7 Å². The molecule has 1 aromatic heterocycles. The van der Waals surface area contributed by atoms with Gasteiger partial charge in [0, 0.05) is 18.1 Å². The second-order valence-electron chi connectivity index (χ2n) is 10.3. The second-order valence-corrected chi connectivity index (χ2v) is 12.2. The summed E-state index contributed by atoms with van der Waals surface area (Å²) >= 11 is 6.01. The first-order valence-corrected chi connectivity index (χ1v) is 14.1. The lowest BCUT2D eigenvalue weighted by atomic mass is 9.58. The van der Waals surface area contributed by atoms with Crippen LogP contribution in [0.4, 0.5) is 14.9 Å². The summed E-state index contributed by atoms with van der Waals surface area (Å²) in [6.07, 6.45) is 1.13. The lowest BCUT2D eigenvalue weighted by Crippen LogP contribution is -2.60. The van der Waals surface area contributed by atoms with Crippen LogP contribution in [-0.4, -0.2) is 63.3 Å². The van der Waals surface area contributed by atoms with Gasteiger partial charge < -0.3 is 24.7 Å². The molecule has 2 bridgehead atoms. The molecule has 1 unspecified atom stereocenters. The van der Waals surface area contributed by atoms with Crippen LogP contribution >= 0.6 is 11.6 Å². The van der Waals surface area contributed by atoms with Crippen molar-refractivity contribution in [3.8, 4) is 11.5 Å². The smallest absolute Gasteiger partial charge is 0.409 e. The number of hydrogen-bond donors (Lipinski definition) is 1. The maximum atomic E-state index is 15.5. The van der Waals surface area contributed by atoms with Gasteiger partial charge in [0.1, 0.15) is 5.82 Å². The third-order valence-electron chi connectivity index (χ3n) is 7.63. The molecule has 4 heterocycles. The van der Waals surface area contributed by atoms with Crippen LogP contribution in [0.3, 0.4) is 0 Å². The van der Waals surface area contributed by atoms with E-state index in [0.717, 1.165) is 24.5 Å². The monoisotopic (exact) mass is 573 g/mol. The van der Waals surface area contributed by atoms with E-state index >= 15 is 4.39 Å². The minimum absolute atomic E-state index is 0.0261. The molecule has 204 valence electrons. The molecular formula is C26H25ClFN5O5S. The molecule has 2 aromatic carbocycles. The zero-order valence-electron chi connectivity index (χ0n) is 20.9. The average Bonchev–Trinajstić information content (AvgIpc) is 3.39. The van der Waals surface area contributed by atoms with Gasteiger partial charge in [-0.25, -0.2) is 9.18 Å². The van der Waals surface area contributed by atoms with E-state index in [2.05, 4.69) is 10.2 Å². The predicted molar refractivity (Wildman–Crippen MR) is 140 cm³/mol. The zero-order chi connectivity index (χ0) is 27.5. The molecule has 13 heteroatoms. The van der Waals surface area contributed by atoms with E-state index in [1.807, 2.05) is 0 Å². The molecule has 3 fully saturated rings. The Morgan fingerprint density at radius 1 is 1.28 bits per heavy atom. The van der Waals surface area contributed by atoms with E-state index in [1.54, 1.807) is 29.2 Å². The van der Waals surface area contributed by atoms with Crippen molar-refractivity contribution in [3.05, 3.63) is 58.7 Å². The van der Waals surface area contributed by atoms with Crippen molar-refractivity contribution in [2.75, 3.05) is 30.9 Å². The summed E-state index contributed by atoms with van der Waals surface area (Å²) in [4.78, 5) is 28.6. The van der Waals surface area contributed by atoms with Gasteiger partial charge in [-0.05, 0) is 48.6 Å². The molecule has 7 rings (SSSR count). The number of rotatable bonds is 4. The number of fused-ring (bicyclic) bond motifs is 3. The van der Waals surface area contributed by atoms with Gasteiger partial charge >= 0.3 is 6.09 Å². The SMILES string of the molecule is COC(=O)N1CC2CC(c3nnc(-c4cc5c(cc4F)S(=O)C[C@H](N)C(=O)N5Cc4ccc(Cl)cc4)o3)(C2)C1. The van der Waals surface area contributed by atoms with Gasteiger partial charge in [-0.2, -0.15) is 0 Å². The van der Waals surface area contributed by atoms with E-state index in [4.69, 9.17) is 26.5 Å². The van der Waals surface area contributed by atoms with Crippen molar-refractivity contribution >= 4 is 40.1 Å². The van der Waals surface area contributed by atoms with Crippen molar-refractivity contribution in [1.82, 2.24) is 15.1 Å². The first kappa shape index (κ1) is 25.9. The Labute approximate surface area is 230 Å². The van der Waals surface area contributed by atoms with Crippen LogP contribution in [-0.2, 0) is 32.3 Å². The van der Waals surface area contributed by atoms with Gasteiger partial charge in [-0.1, -0.05) is 23.7 Å². The highest BCUT2D eigenvalue weighted by atomic mass is 35.5. The van der Waals surface area contributed by atoms with Gasteiger partial charge in [0.2, 0.25) is 11.8 Å². The Balaban J connectivity index is 1.37. The van der Waals surface area contributed by atoms with Crippen molar-refractivity contribution in [2.45, 2.75) is 35.7 Å². The summed E-state index contributed by atoms with van der Waals surface area (Å²) in [5.74, 6) is -0.745. The molecular weight excluding hydrogens is 549 g/mol. The zero-order valence-corrected chi connectivity index (χ0v) is 22.5. The van der Waals surface area contributed by atoms with Crippen LogP contribution < -0.4 is 10.6 Å². The molecule has 0 radical (unpaired) electrons. The summed E-state index contributed by atoms with van der Waals surface area (Å²) in [6.45, 7) is 1.08. The summed E-state index contributed by atoms with van der Waals surface area (Å²) in [5.41, 5.74) is 6.55. The van der Waals surface area contributed by atoms with Gasteiger partial charge in [-0.15, -0.1) is 10.2 Å². The number of nitrogens with two attached hydrogens (primary N) is 1. The maximum absolute atomic E-state index is 15.5. The highest BCUT2D eigenvalue weighted by Crippen LogP contribution is 2.52. The number of anilines is 1. The number of carbonyl (C=O) groups is 2. The minimum atomic E-state index is -1.71. The predicted octanol–water partition coefficient (Wildman–Crippen LogP) is 3.24. The number of benzene rings is 2. The summed E-state index contributed by atoms with van der Waals surface area (Å²) < 4.78 is 39.4. The Bertz CT molecular complexity index is 1490. The van der Waals surface area contributed by atoms with Gasteiger partial charge in [0.05, 0.1) is 57.8 Å². The molecule has 39 heavy (non-hydrogen) atoms. The number of amides is 2. The average molecular weight is 574 g/mol. The number of carbonyl (C=O) groups excluding carboxylic acids is 2. The Morgan fingerprint density at radius 3 is 2.74 bits per heavy atom. The summed E-state index contributed by atoms with van der Waals surface area (Å²) in [6, 6.07) is 8.46. The van der Waals surface area contributed by atoms with Gasteiger partial charge in [0.15, 0.2) is 0 Å². The molecule has 2 saturated heterocycles. The largest absolute Gasteiger partial charge is 0.453 e. The van der Waals surface area contributed by atoms with Crippen molar-refractivity contribution < 1.29 is 27.3 Å². The third kappa shape index (κ3) is 4.50. The third-order valence-corrected chi connectivity index (χ3v) is 9.36. The fourth-order valence-electron chi connectivity index (χ4n) is 5.78. The molecule has 10 nitrogen and oxygen atoms in total. The standard InChI is InChI=1S/C26H25ClFN5O5S/c1-37-25(35)32-10-15-8-26(9-15,13-32)24-31-30-22(38-24)17-6-20-21(7-18(17)28)39(36)12-19(29)23(34)33(20)11-14-2-4-16(27)5-3-14/h2-7,15,19H,8-13,29H2,1H3/t15?,19-,26?,39?/m0/s1. The lowest BCUT2D eigenvalue weighted by molar-refractivity contribution is -0.119. The fraction of sp³-hybridized carbons (Fsp3) is 0.385.